The summed E-state index contributed by atoms with van der Waals surface area (Å²) in [7, 11) is 3.98. The van der Waals surface area contributed by atoms with Crippen LogP contribution in [0.4, 0.5) is 0 Å². The molecule has 1 aliphatic heterocycles. The molecule has 1 saturated heterocycles. The Hall–Kier alpha value is -2.67. The first-order chi connectivity index (χ1) is 13.0. The van der Waals surface area contributed by atoms with Crippen molar-refractivity contribution in [2.24, 2.45) is 0 Å². The van der Waals surface area contributed by atoms with Crippen LogP contribution in [0.5, 0.6) is 0 Å². The van der Waals surface area contributed by atoms with Crippen LogP contribution in [0.25, 0.3) is 10.8 Å². The Morgan fingerprint density at radius 2 is 2.00 bits per heavy atom. The lowest BCUT2D eigenvalue weighted by atomic mass is 10.1. The summed E-state index contributed by atoms with van der Waals surface area (Å²) >= 11 is 0. The second-order valence-electron chi connectivity index (χ2n) is 7.20. The highest BCUT2D eigenvalue weighted by atomic mass is 16.2. The number of carbonyl (C=O) groups is 2. The van der Waals surface area contributed by atoms with Crippen LogP contribution < -0.4 is 10.9 Å². The molecule has 0 radical (unpaired) electrons. The zero-order chi connectivity index (χ0) is 19.4. The van der Waals surface area contributed by atoms with E-state index in [1.807, 2.05) is 25.1 Å². The topological polar surface area (TPSA) is 85.5 Å². The first kappa shape index (κ1) is 19.1. The van der Waals surface area contributed by atoms with Gasteiger partial charge in [0.1, 0.15) is 0 Å². The number of amides is 2. The fraction of sp³-hybridized carbons (Fsp3) is 0.450. The van der Waals surface area contributed by atoms with E-state index in [9.17, 15) is 14.4 Å². The average molecular weight is 370 g/mol. The Morgan fingerprint density at radius 1 is 1.26 bits per heavy atom. The lowest BCUT2D eigenvalue weighted by Gasteiger charge is -2.26. The molecular weight excluding hydrogens is 344 g/mol. The van der Waals surface area contributed by atoms with Gasteiger partial charge in [0.05, 0.1) is 5.56 Å². The smallest absolute Gasteiger partial charge is 0.255 e. The molecule has 27 heavy (non-hydrogen) atoms. The van der Waals surface area contributed by atoms with E-state index >= 15 is 0 Å². The molecule has 1 aromatic heterocycles. The third-order valence-corrected chi connectivity index (χ3v) is 5.06. The highest BCUT2D eigenvalue weighted by Gasteiger charge is 2.30. The number of hydrogen-bond donors (Lipinski definition) is 2. The molecule has 144 valence electrons. The van der Waals surface area contributed by atoms with Crippen molar-refractivity contribution in [3.63, 3.8) is 0 Å². The quantitative estimate of drug-likeness (QED) is 0.767. The van der Waals surface area contributed by atoms with Crippen LogP contribution in [0.1, 0.15) is 29.6 Å². The van der Waals surface area contributed by atoms with Gasteiger partial charge in [-0.15, -0.1) is 0 Å². The minimum absolute atomic E-state index is 0.171. The van der Waals surface area contributed by atoms with E-state index in [0.717, 1.165) is 25.9 Å². The Bertz CT molecular complexity index is 890. The highest BCUT2D eigenvalue weighted by molar-refractivity contribution is 6.06. The van der Waals surface area contributed by atoms with Crippen molar-refractivity contribution in [3.05, 3.63) is 46.4 Å². The number of hydrogen-bond acceptors (Lipinski definition) is 4. The van der Waals surface area contributed by atoms with Crippen molar-refractivity contribution >= 4 is 22.6 Å². The van der Waals surface area contributed by atoms with Crippen molar-refractivity contribution in [1.82, 2.24) is 20.1 Å². The van der Waals surface area contributed by atoms with Gasteiger partial charge in [0.25, 0.3) is 11.5 Å². The minimum Gasteiger partial charge on any atom is -0.352 e. The van der Waals surface area contributed by atoms with Gasteiger partial charge < -0.3 is 20.1 Å². The number of aromatic nitrogens is 1. The molecule has 7 nitrogen and oxygen atoms in total. The Kier molecular flexibility index (Phi) is 5.91. The molecule has 2 N–H and O–H groups in total. The van der Waals surface area contributed by atoms with Crippen molar-refractivity contribution in [2.45, 2.75) is 25.3 Å². The molecule has 0 aliphatic carbocycles. The maximum atomic E-state index is 12.6. The molecule has 1 aromatic carbocycles. The number of carbonyl (C=O) groups excluding carboxylic acids is 2. The lowest BCUT2D eigenvalue weighted by molar-refractivity contribution is -0.129. The zero-order valence-electron chi connectivity index (χ0n) is 15.8. The predicted octanol–water partition coefficient (Wildman–Crippen LogP) is 1.20. The van der Waals surface area contributed by atoms with Gasteiger partial charge in [-0.2, -0.15) is 0 Å². The van der Waals surface area contributed by atoms with Crippen molar-refractivity contribution in [1.29, 1.82) is 0 Å². The normalized spacial score (nSPS) is 17.1. The summed E-state index contributed by atoms with van der Waals surface area (Å²) in [4.78, 5) is 43.2. The first-order valence-corrected chi connectivity index (χ1v) is 9.30. The van der Waals surface area contributed by atoms with Crippen LogP contribution in [-0.4, -0.2) is 66.4 Å². The molecule has 2 aromatic rings. The highest BCUT2D eigenvalue weighted by Crippen LogP contribution is 2.21. The number of nitrogens with one attached hydrogen (secondary N) is 2. The molecule has 0 spiro atoms. The molecule has 1 fully saturated rings. The van der Waals surface area contributed by atoms with Gasteiger partial charge in [-0.3, -0.25) is 14.4 Å². The van der Waals surface area contributed by atoms with Crippen LogP contribution >= 0.6 is 0 Å². The summed E-state index contributed by atoms with van der Waals surface area (Å²) in [5.41, 5.74) is 0.250. The minimum atomic E-state index is -0.216. The van der Waals surface area contributed by atoms with Gasteiger partial charge >= 0.3 is 0 Å². The second kappa shape index (κ2) is 8.35. The summed E-state index contributed by atoms with van der Waals surface area (Å²) in [5, 5.41) is 4.07. The summed E-state index contributed by atoms with van der Waals surface area (Å²) < 4.78 is 0. The fourth-order valence-corrected chi connectivity index (χ4v) is 3.55. The number of likely N-dealkylation sites (N-methyl/N-ethyl adjacent to an activating group) is 1. The van der Waals surface area contributed by atoms with E-state index in [4.69, 9.17) is 0 Å². The Labute approximate surface area is 158 Å². The van der Waals surface area contributed by atoms with Crippen molar-refractivity contribution in [3.8, 4) is 0 Å². The van der Waals surface area contributed by atoms with Gasteiger partial charge in [-0.1, -0.05) is 18.2 Å². The largest absolute Gasteiger partial charge is 0.352 e. The molecule has 3 rings (SSSR count). The first-order valence-electron chi connectivity index (χ1n) is 9.30. The van der Waals surface area contributed by atoms with E-state index in [0.29, 0.717) is 29.3 Å². The van der Waals surface area contributed by atoms with E-state index < -0.39 is 0 Å². The average Bonchev–Trinajstić information content (AvgIpc) is 3.00. The molecule has 1 aliphatic rings. The number of fused-ring (bicyclic) bond motifs is 1. The van der Waals surface area contributed by atoms with Gasteiger partial charge in [0.2, 0.25) is 5.91 Å². The third kappa shape index (κ3) is 4.36. The molecular formula is C20H26N4O3. The van der Waals surface area contributed by atoms with Crippen LogP contribution in [0.3, 0.4) is 0 Å². The Morgan fingerprint density at radius 3 is 2.74 bits per heavy atom. The van der Waals surface area contributed by atoms with Gasteiger partial charge in [0.15, 0.2) is 0 Å². The van der Waals surface area contributed by atoms with Crippen LogP contribution in [0, 0.1) is 0 Å². The number of rotatable bonds is 7. The van der Waals surface area contributed by atoms with Gasteiger partial charge in [0, 0.05) is 49.1 Å². The third-order valence-electron chi connectivity index (χ3n) is 5.06. The van der Waals surface area contributed by atoms with Gasteiger partial charge in [-0.25, -0.2) is 0 Å². The maximum Gasteiger partial charge on any atom is 0.255 e. The molecule has 0 unspecified atom stereocenters. The molecule has 2 amide bonds. The monoisotopic (exact) mass is 370 g/mol. The number of pyridine rings is 1. The van der Waals surface area contributed by atoms with Crippen LogP contribution in [0.2, 0.25) is 0 Å². The van der Waals surface area contributed by atoms with E-state index in [1.54, 1.807) is 18.2 Å². The van der Waals surface area contributed by atoms with E-state index in [2.05, 4.69) is 15.2 Å². The van der Waals surface area contributed by atoms with Crippen molar-refractivity contribution in [2.75, 3.05) is 33.7 Å². The molecule has 7 heteroatoms. The number of aromatic amines is 1. The molecule has 0 saturated carbocycles. The predicted molar refractivity (Wildman–Crippen MR) is 105 cm³/mol. The SMILES string of the molecule is CN(C)CCN1C(=O)CC[C@@H]1CCNC(=O)c1c[nH]c(=O)c2ccccc12. The summed E-state index contributed by atoms with van der Waals surface area (Å²) in [6.07, 6.45) is 3.61. The fourth-order valence-electron chi connectivity index (χ4n) is 3.55. The zero-order valence-corrected chi connectivity index (χ0v) is 15.8. The van der Waals surface area contributed by atoms with E-state index in [-0.39, 0.29) is 23.4 Å². The molecule has 0 bridgehead atoms. The second-order valence-corrected chi connectivity index (χ2v) is 7.20. The molecule has 1 atom stereocenters. The standard InChI is InChI=1S/C20H26N4O3/c1-23(2)11-12-24-14(7-8-18(24)25)9-10-21-20(27)17-13-22-19(26)16-6-4-3-5-15(16)17/h3-6,13-14H,7-12H2,1-2H3,(H,21,27)(H,22,26)/t14-/m1/s1. The number of H-pyrrole nitrogens is 1. The maximum absolute atomic E-state index is 12.6. The summed E-state index contributed by atoms with van der Waals surface area (Å²) in [6, 6.07) is 7.24. The van der Waals surface area contributed by atoms with Gasteiger partial charge in [-0.05, 0) is 33.0 Å². The molecule has 2 heterocycles. The Balaban J connectivity index is 1.61. The summed E-state index contributed by atoms with van der Waals surface area (Å²) in [6.45, 7) is 2.04. The van der Waals surface area contributed by atoms with E-state index in [1.165, 1.54) is 6.20 Å². The van der Waals surface area contributed by atoms with Crippen LogP contribution in [0.15, 0.2) is 35.3 Å². The van der Waals surface area contributed by atoms with Crippen molar-refractivity contribution < 1.29 is 9.59 Å². The number of likely N-dealkylation sites (tertiary alicyclic amines) is 1. The van der Waals surface area contributed by atoms with Crippen LogP contribution in [-0.2, 0) is 4.79 Å². The number of benzene rings is 1. The number of nitrogens with zero attached hydrogens (tertiary/aromatic N) is 2. The summed E-state index contributed by atoms with van der Waals surface area (Å²) in [5.74, 6) is -0.0218. The lowest BCUT2D eigenvalue weighted by Crippen LogP contribution is -2.40.